The number of sulfone groups is 1. The van der Waals surface area contributed by atoms with Crippen molar-refractivity contribution in [2.24, 2.45) is 0 Å². The minimum absolute atomic E-state index is 0.251. The molecule has 0 aliphatic carbocycles. The summed E-state index contributed by atoms with van der Waals surface area (Å²) in [6.45, 7) is 7.31. The second-order valence-corrected chi connectivity index (χ2v) is 7.68. The van der Waals surface area contributed by atoms with E-state index in [0.717, 1.165) is 6.54 Å². The first-order valence-corrected chi connectivity index (χ1v) is 8.38. The van der Waals surface area contributed by atoms with E-state index < -0.39 is 9.84 Å². The summed E-state index contributed by atoms with van der Waals surface area (Å²) in [5, 5.41) is 0. The van der Waals surface area contributed by atoms with E-state index in [2.05, 4.69) is 23.6 Å². The zero-order chi connectivity index (χ0) is 13.9. The second-order valence-electron chi connectivity index (χ2n) is 5.49. The van der Waals surface area contributed by atoms with Crippen LogP contribution in [0.1, 0.15) is 18.9 Å². The van der Waals surface area contributed by atoms with Gasteiger partial charge in [-0.2, -0.15) is 0 Å². The lowest BCUT2D eigenvalue weighted by molar-refractivity contribution is 0.133. The Morgan fingerprint density at radius 1 is 1.37 bits per heavy atom. The maximum absolute atomic E-state index is 11.8. The summed E-state index contributed by atoms with van der Waals surface area (Å²) in [5.41, 5.74) is 0.929. The third-order valence-electron chi connectivity index (χ3n) is 3.81. The molecule has 1 aromatic carbocycles. The first-order chi connectivity index (χ1) is 8.95. The molecule has 1 saturated heterocycles. The van der Waals surface area contributed by atoms with Crippen molar-refractivity contribution in [1.82, 2.24) is 4.90 Å². The molecule has 0 unspecified atom stereocenters. The van der Waals surface area contributed by atoms with Crippen LogP contribution in [-0.2, 0) is 16.4 Å². The third kappa shape index (κ3) is 3.45. The summed E-state index contributed by atoms with van der Waals surface area (Å²) in [7, 11) is -2.89. The van der Waals surface area contributed by atoms with E-state index in [0.29, 0.717) is 18.7 Å². The first-order valence-electron chi connectivity index (χ1n) is 6.55. The Morgan fingerprint density at radius 2 is 2.05 bits per heavy atom. The van der Waals surface area contributed by atoms with Crippen molar-refractivity contribution < 1.29 is 8.42 Å². The summed E-state index contributed by atoms with van der Waals surface area (Å²) in [6, 6.07) is 10.2. The second kappa shape index (κ2) is 5.47. The van der Waals surface area contributed by atoms with E-state index >= 15 is 0 Å². The quantitative estimate of drug-likeness (QED) is 0.776. The monoisotopic (exact) mass is 279 g/mol. The standard InChI is InChI=1S/C15H21NO2S/c1-3-10-16(12-14-7-5-4-6-8-14)15(2)9-11-19(17,18)13-15/h3-8H,1,9-13H2,2H3/t15-/m1/s1. The van der Waals surface area contributed by atoms with Crippen LogP contribution >= 0.6 is 0 Å². The molecule has 0 N–H and O–H groups in total. The Labute approximate surface area is 115 Å². The minimum Gasteiger partial charge on any atom is -0.289 e. The topological polar surface area (TPSA) is 37.4 Å². The zero-order valence-electron chi connectivity index (χ0n) is 11.4. The van der Waals surface area contributed by atoms with Crippen LogP contribution in [0.5, 0.6) is 0 Å². The van der Waals surface area contributed by atoms with Crippen LogP contribution in [0.4, 0.5) is 0 Å². The van der Waals surface area contributed by atoms with Crippen molar-refractivity contribution in [2.75, 3.05) is 18.1 Å². The van der Waals surface area contributed by atoms with Gasteiger partial charge in [0, 0.05) is 18.6 Å². The molecular weight excluding hydrogens is 258 g/mol. The average molecular weight is 279 g/mol. The molecule has 0 amide bonds. The van der Waals surface area contributed by atoms with E-state index in [-0.39, 0.29) is 11.3 Å². The van der Waals surface area contributed by atoms with Gasteiger partial charge in [0.25, 0.3) is 0 Å². The van der Waals surface area contributed by atoms with Crippen LogP contribution in [0.15, 0.2) is 43.0 Å². The lowest BCUT2D eigenvalue weighted by Gasteiger charge is -2.37. The van der Waals surface area contributed by atoms with Crippen LogP contribution in [-0.4, -0.2) is 36.9 Å². The Hall–Kier alpha value is -1.13. The van der Waals surface area contributed by atoms with Gasteiger partial charge in [-0.1, -0.05) is 36.4 Å². The fourth-order valence-corrected chi connectivity index (χ4v) is 4.85. The molecule has 1 atom stereocenters. The number of benzene rings is 1. The van der Waals surface area contributed by atoms with Gasteiger partial charge in [-0.25, -0.2) is 8.42 Å². The van der Waals surface area contributed by atoms with E-state index in [1.165, 1.54) is 5.56 Å². The van der Waals surface area contributed by atoms with Crippen molar-refractivity contribution in [3.8, 4) is 0 Å². The van der Waals surface area contributed by atoms with Crippen molar-refractivity contribution >= 4 is 9.84 Å². The van der Waals surface area contributed by atoms with Crippen molar-refractivity contribution in [3.63, 3.8) is 0 Å². The molecule has 19 heavy (non-hydrogen) atoms. The predicted octanol–water partition coefficient (Wildman–Crippen LogP) is 2.25. The Kier molecular flexibility index (Phi) is 4.11. The number of hydrogen-bond acceptors (Lipinski definition) is 3. The van der Waals surface area contributed by atoms with Gasteiger partial charge < -0.3 is 0 Å². The predicted molar refractivity (Wildman–Crippen MR) is 78.7 cm³/mol. The third-order valence-corrected chi connectivity index (χ3v) is 5.70. The molecule has 0 aromatic heterocycles. The van der Waals surface area contributed by atoms with E-state index in [1.807, 2.05) is 31.2 Å². The fourth-order valence-electron chi connectivity index (χ4n) is 2.68. The SMILES string of the molecule is C=CCN(Cc1ccccc1)[C@]1(C)CCS(=O)(=O)C1. The van der Waals surface area contributed by atoms with Crippen molar-refractivity contribution in [3.05, 3.63) is 48.6 Å². The molecule has 0 radical (unpaired) electrons. The van der Waals surface area contributed by atoms with Gasteiger partial charge in [0.05, 0.1) is 11.5 Å². The molecule has 0 saturated carbocycles. The smallest absolute Gasteiger partial charge is 0.152 e. The van der Waals surface area contributed by atoms with E-state index in [4.69, 9.17) is 0 Å². The van der Waals surface area contributed by atoms with Crippen LogP contribution < -0.4 is 0 Å². The average Bonchev–Trinajstić information content (AvgIpc) is 2.66. The molecule has 3 nitrogen and oxygen atoms in total. The van der Waals surface area contributed by atoms with Crippen molar-refractivity contribution in [2.45, 2.75) is 25.4 Å². The minimum atomic E-state index is -2.89. The van der Waals surface area contributed by atoms with Gasteiger partial charge in [0.2, 0.25) is 0 Å². The van der Waals surface area contributed by atoms with Crippen LogP contribution in [0.3, 0.4) is 0 Å². The summed E-state index contributed by atoms with van der Waals surface area (Å²) < 4.78 is 23.5. The molecular formula is C15H21NO2S. The highest BCUT2D eigenvalue weighted by Crippen LogP contribution is 2.30. The number of nitrogens with zero attached hydrogens (tertiary/aromatic N) is 1. The number of hydrogen-bond donors (Lipinski definition) is 0. The highest BCUT2D eigenvalue weighted by molar-refractivity contribution is 7.91. The van der Waals surface area contributed by atoms with E-state index in [1.54, 1.807) is 0 Å². The molecule has 0 spiro atoms. The maximum atomic E-state index is 11.8. The highest BCUT2D eigenvalue weighted by atomic mass is 32.2. The summed E-state index contributed by atoms with van der Waals surface area (Å²) in [4.78, 5) is 2.22. The molecule has 1 aliphatic rings. The van der Waals surface area contributed by atoms with Gasteiger partial charge in [0.1, 0.15) is 0 Å². The molecule has 2 rings (SSSR count). The Balaban J connectivity index is 2.19. The molecule has 104 valence electrons. The lowest BCUT2D eigenvalue weighted by atomic mass is 9.98. The first kappa shape index (κ1) is 14.3. The van der Waals surface area contributed by atoms with Gasteiger partial charge in [0.15, 0.2) is 9.84 Å². The van der Waals surface area contributed by atoms with Crippen LogP contribution in [0, 0.1) is 0 Å². The molecule has 1 aromatic rings. The Bertz CT molecular complexity index is 539. The lowest BCUT2D eigenvalue weighted by Crippen LogP contribution is -2.47. The summed E-state index contributed by atoms with van der Waals surface area (Å²) in [5.74, 6) is 0.548. The molecule has 1 aliphatic heterocycles. The normalized spacial score (nSPS) is 25.6. The van der Waals surface area contributed by atoms with Gasteiger partial charge in [-0.15, -0.1) is 6.58 Å². The van der Waals surface area contributed by atoms with E-state index in [9.17, 15) is 8.42 Å². The summed E-state index contributed by atoms with van der Waals surface area (Å²) in [6.07, 6.45) is 2.55. The molecule has 1 fully saturated rings. The largest absolute Gasteiger partial charge is 0.289 e. The Morgan fingerprint density at radius 3 is 2.58 bits per heavy atom. The molecule has 0 bridgehead atoms. The zero-order valence-corrected chi connectivity index (χ0v) is 12.2. The number of rotatable bonds is 5. The summed E-state index contributed by atoms with van der Waals surface area (Å²) >= 11 is 0. The van der Waals surface area contributed by atoms with Crippen molar-refractivity contribution in [1.29, 1.82) is 0 Å². The van der Waals surface area contributed by atoms with Crippen LogP contribution in [0.25, 0.3) is 0 Å². The maximum Gasteiger partial charge on any atom is 0.152 e. The van der Waals surface area contributed by atoms with Gasteiger partial charge in [-0.05, 0) is 18.9 Å². The fraction of sp³-hybridized carbons (Fsp3) is 0.467. The van der Waals surface area contributed by atoms with Gasteiger partial charge in [-0.3, -0.25) is 4.90 Å². The van der Waals surface area contributed by atoms with Crippen LogP contribution in [0.2, 0.25) is 0 Å². The molecule has 4 heteroatoms. The highest BCUT2D eigenvalue weighted by Gasteiger charge is 2.42. The molecule has 1 heterocycles. The van der Waals surface area contributed by atoms with Gasteiger partial charge >= 0.3 is 0 Å².